The summed E-state index contributed by atoms with van der Waals surface area (Å²) in [6, 6.07) is 11.2. The molecule has 3 nitrogen and oxygen atoms in total. The van der Waals surface area contributed by atoms with Gasteiger partial charge >= 0.3 is 0 Å². The van der Waals surface area contributed by atoms with E-state index in [4.69, 9.17) is 0 Å². The molecule has 0 saturated carbocycles. The first-order chi connectivity index (χ1) is 10.4. The molecule has 0 atom stereocenters. The lowest BCUT2D eigenvalue weighted by atomic mass is 9.87. The molecule has 2 rings (SSSR count). The van der Waals surface area contributed by atoms with E-state index < -0.39 is 0 Å². The van der Waals surface area contributed by atoms with Crippen LogP contribution in [0, 0.1) is 0 Å². The lowest BCUT2D eigenvalue weighted by Gasteiger charge is -2.19. The molecule has 1 aromatic heterocycles. The number of carbonyl (C=O) groups is 2. The van der Waals surface area contributed by atoms with Crippen LogP contribution in [-0.4, -0.2) is 12.2 Å². The van der Waals surface area contributed by atoms with Gasteiger partial charge < -0.3 is 5.32 Å². The lowest BCUT2D eigenvalue weighted by molar-refractivity contribution is -0.105. The zero-order valence-electron chi connectivity index (χ0n) is 12.9. The van der Waals surface area contributed by atoms with Gasteiger partial charge in [-0.2, -0.15) is 0 Å². The van der Waals surface area contributed by atoms with Crippen LogP contribution >= 0.6 is 11.3 Å². The molecular formula is C18H19NO2S. The van der Waals surface area contributed by atoms with Crippen molar-refractivity contribution in [3.05, 3.63) is 63.5 Å². The summed E-state index contributed by atoms with van der Waals surface area (Å²) in [6.07, 6.45) is 2.32. The van der Waals surface area contributed by atoms with Gasteiger partial charge in [0.1, 0.15) is 0 Å². The van der Waals surface area contributed by atoms with Crippen LogP contribution in [0.15, 0.2) is 47.5 Å². The highest BCUT2D eigenvalue weighted by Gasteiger charge is 2.14. The molecule has 2 aromatic rings. The quantitative estimate of drug-likeness (QED) is 0.684. The molecule has 1 amide bonds. The van der Waals surface area contributed by atoms with E-state index >= 15 is 0 Å². The molecule has 0 bridgehead atoms. The first-order valence-electron chi connectivity index (χ1n) is 7.02. The molecule has 22 heavy (non-hydrogen) atoms. The number of carbonyl (C=O) groups excluding carboxylic acids is 2. The molecule has 0 aliphatic carbocycles. The minimum Gasteiger partial charge on any atom is -0.319 e. The average Bonchev–Trinajstić information content (AvgIpc) is 2.98. The van der Waals surface area contributed by atoms with Gasteiger partial charge in [0.15, 0.2) is 6.29 Å². The third-order valence-electron chi connectivity index (χ3n) is 3.24. The number of benzene rings is 1. The van der Waals surface area contributed by atoms with Crippen molar-refractivity contribution in [1.82, 2.24) is 5.32 Å². The van der Waals surface area contributed by atoms with Crippen molar-refractivity contribution in [2.75, 3.05) is 0 Å². The number of thiophene rings is 1. The minimum absolute atomic E-state index is 0.0437. The Balaban J connectivity index is 2.13. The van der Waals surface area contributed by atoms with Gasteiger partial charge in [-0.1, -0.05) is 39.0 Å². The van der Waals surface area contributed by atoms with Crippen molar-refractivity contribution < 1.29 is 9.59 Å². The van der Waals surface area contributed by atoms with E-state index in [2.05, 4.69) is 26.1 Å². The third kappa shape index (κ3) is 4.15. The first-order valence-corrected chi connectivity index (χ1v) is 7.90. The molecule has 0 fully saturated rings. The van der Waals surface area contributed by atoms with Crippen molar-refractivity contribution in [1.29, 1.82) is 0 Å². The molecule has 0 radical (unpaired) electrons. The normalized spacial score (nSPS) is 12.0. The summed E-state index contributed by atoms with van der Waals surface area (Å²) in [4.78, 5) is 24.2. The summed E-state index contributed by atoms with van der Waals surface area (Å²) < 4.78 is 0. The molecule has 0 aliphatic heterocycles. The van der Waals surface area contributed by atoms with Crippen LogP contribution < -0.4 is 5.32 Å². The molecule has 0 unspecified atom stereocenters. The van der Waals surface area contributed by atoms with Crippen molar-refractivity contribution in [3.8, 4) is 0 Å². The Morgan fingerprint density at radius 3 is 2.32 bits per heavy atom. The highest BCUT2D eigenvalue weighted by molar-refractivity contribution is 7.10. The first kappa shape index (κ1) is 16.2. The number of aldehydes is 1. The van der Waals surface area contributed by atoms with Crippen molar-refractivity contribution in [2.24, 2.45) is 0 Å². The number of hydrogen-bond donors (Lipinski definition) is 1. The monoisotopic (exact) mass is 313 g/mol. The zero-order chi connectivity index (χ0) is 16.2. The predicted molar refractivity (Wildman–Crippen MR) is 91.0 cm³/mol. The molecule has 0 spiro atoms. The Labute approximate surface area is 134 Å². The second kappa shape index (κ2) is 6.71. The molecule has 1 aromatic carbocycles. The van der Waals surface area contributed by atoms with Gasteiger partial charge in [0.05, 0.1) is 5.70 Å². The smallest absolute Gasteiger partial charge is 0.255 e. The predicted octanol–water partition coefficient (Wildman–Crippen LogP) is 4.02. The van der Waals surface area contributed by atoms with E-state index in [1.54, 1.807) is 18.2 Å². The number of nitrogens with one attached hydrogen (secondary N) is 1. The molecule has 1 N–H and O–H groups in total. The highest BCUT2D eigenvalue weighted by Crippen LogP contribution is 2.22. The second-order valence-electron chi connectivity index (χ2n) is 6.01. The maximum atomic E-state index is 12.2. The summed E-state index contributed by atoms with van der Waals surface area (Å²) in [6.45, 7) is 6.36. The van der Waals surface area contributed by atoms with Crippen LogP contribution in [0.5, 0.6) is 0 Å². The lowest BCUT2D eigenvalue weighted by Crippen LogP contribution is -2.23. The van der Waals surface area contributed by atoms with Gasteiger partial charge in [-0.3, -0.25) is 9.59 Å². The van der Waals surface area contributed by atoms with Crippen molar-refractivity contribution >= 4 is 29.6 Å². The zero-order valence-corrected chi connectivity index (χ0v) is 13.7. The summed E-state index contributed by atoms with van der Waals surface area (Å²) >= 11 is 1.51. The van der Waals surface area contributed by atoms with Gasteiger partial charge in [-0.05, 0) is 40.6 Å². The van der Waals surface area contributed by atoms with Crippen molar-refractivity contribution in [2.45, 2.75) is 26.2 Å². The molecule has 0 aliphatic rings. The van der Waals surface area contributed by atoms with E-state index in [9.17, 15) is 9.59 Å². The van der Waals surface area contributed by atoms with Gasteiger partial charge in [0, 0.05) is 10.4 Å². The molecule has 4 heteroatoms. The fraction of sp³-hybridized carbons (Fsp3) is 0.222. The number of rotatable bonds is 4. The Bertz CT molecular complexity index is 677. The highest BCUT2D eigenvalue weighted by atomic mass is 32.1. The standard InChI is InChI=1S/C18H19NO2S/c1-18(2,3)14-8-6-13(7-9-14)17(21)19-15(12-20)11-16-5-4-10-22-16/h4-12H,1-3H3,(H,19,21)/b15-11-. The Hall–Kier alpha value is -2.20. The number of amides is 1. The molecular weight excluding hydrogens is 294 g/mol. The van der Waals surface area contributed by atoms with Gasteiger partial charge in [-0.15, -0.1) is 11.3 Å². The van der Waals surface area contributed by atoms with Gasteiger partial charge in [0.25, 0.3) is 5.91 Å². The third-order valence-corrected chi connectivity index (χ3v) is 4.06. The SMILES string of the molecule is CC(C)(C)c1ccc(C(=O)N/C(C=O)=C\c2cccs2)cc1. The molecule has 1 heterocycles. The molecule has 114 valence electrons. The summed E-state index contributed by atoms with van der Waals surface area (Å²) in [5.41, 5.74) is 2.00. The Morgan fingerprint density at radius 1 is 1.14 bits per heavy atom. The number of allylic oxidation sites excluding steroid dienone is 1. The fourth-order valence-electron chi connectivity index (χ4n) is 1.95. The maximum absolute atomic E-state index is 12.2. The second-order valence-corrected chi connectivity index (χ2v) is 6.99. The Morgan fingerprint density at radius 2 is 1.82 bits per heavy atom. The van der Waals surface area contributed by atoms with Gasteiger partial charge in [0.2, 0.25) is 0 Å². The average molecular weight is 313 g/mol. The maximum Gasteiger partial charge on any atom is 0.255 e. The van der Waals surface area contributed by atoms with Gasteiger partial charge in [-0.25, -0.2) is 0 Å². The van der Waals surface area contributed by atoms with E-state index in [0.29, 0.717) is 11.8 Å². The summed E-state index contributed by atoms with van der Waals surface area (Å²) in [7, 11) is 0. The minimum atomic E-state index is -0.282. The topological polar surface area (TPSA) is 46.2 Å². The fourth-order valence-corrected chi connectivity index (χ4v) is 2.62. The van der Waals surface area contributed by atoms with Crippen LogP contribution in [0.3, 0.4) is 0 Å². The largest absolute Gasteiger partial charge is 0.319 e. The van der Waals surface area contributed by atoms with E-state index in [1.807, 2.05) is 29.6 Å². The number of hydrogen-bond acceptors (Lipinski definition) is 3. The van der Waals surface area contributed by atoms with Crippen LogP contribution in [0.4, 0.5) is 0 Å². The van der Waals surface area contributed by atoms with E-state index in [1.165, 1.54) is 11.3 Å². The Kier molecular flexibility index (Phi) is 4.93. The van der Waals surface area contributed by atoms with Crippen LogP contribution in [0.2, 0.25) is 0 Å². The van der Waals surface area contributed by atoms with Crippen LogP contribution in [0.25, 0.3) is 6.08 Å². The van der Waals surface area contributed by atoms with E-state index in [0.717, 1.165) is 10.4 Å². The van der Waals surface area contributed by atoms with Crippen molar-refractivity contribution in [3.63, 3.8) is 0 Å². The summed E-state index contributed by atoms with van der Waals surface area (Å²) in [5.74, 6) is -0.282. The van der Waals surface area contributed by atoms with Crippen LogP contribution in [0.1, 0.15) is 41.6 Å². The van der Waals surface area contributed by atoms with Crippen LogP contribution in [-0.2, 0) is 10.2 Å². The van der Waals surface area contributed by atoms with E-state index in [-0.39, 0.29) is 17.0 Å². The summed E-state index contributed by atoms with van der Waals surface area (Å²) in [5, 5.41) is 4.56. The molecule has 0 saturated heterocycles.